The molecule has 6 heteroatoms. The summed E-state index contributed by atoms with van der Waals surface area (Å²) in [6, 6.07) is 0. The van der Waals surface area contributed by atoms with E-state index in [1.807, 2.05) is 0 Å². The smallest absolute Gasteiger partial charge is 0.242 e. The van der Waals surface area contributed by atoms with Crippen molar-refractivity contribution >= 4 is 5.91 Å². The Morgan fingerprint density at radius 3 is 3.17 bits per heavy atom. The van der Waals surface area contributed by atoms with Crippen molar-refractivity contribution < 1.29 is 4.79 Å². The van der Waals surface area contributed by atoms with Gasteiger partial charge in [0.2, 0.25) is 5.91 Å². The van der Waals surface area contributed by atoms with Crippen LogP contribution >= 0.6 is 0 Å². The molecule has 0 aliphatic rings. The Hall–Kier alpha value is -1.72. The summed E-state index contributed by atoms with van der Waals surface area (Å²) >= 11 is 0. The van der Waals surface area contributed by atoms with E-state index in [0.29, 0.717) is 6.54 Å². The maximum absolute atomic E-state index is 11.0. The SMILES string of the molecule is C=CCNC(=O)Cn1cnnn1. The van der Waals surface area contributed by atoms with Gasteiger partial charge >= 0.3 is 0 Å². The van der Waals surface area contributed by atoms with E-state index in [1.54, 1.807) is 6.08 Å². The lowest BCUT2D eigenvalue weighted by Crippen LogP contribution is -2.27. The normalized spacial score (nSPS) is 9.33. The molecule has 0 atom stereocenters. The molecule has 12 heavy (non-hydrogen) atoms. The Bertz CT molecular complexity index is 255. The lowest BCUT2D eigenvalue weighted by molar-refractivity contribution is -0.121. The maximum atomic E-state index is 11.0. The van der Waals surface area contributed by atoms with Gasteiger partial charge in [-0.15, -0.1) is 11.7 Å². The molecule has 1 rings (SSSR count). The molecule has 64 valence electrons. The Morgan fingerprint density at radius 1 is 1.75 bits per heavy atom. The highest BCUT2D eigenvalue weighted by molar-refractivity contribution is 5.75. The van der Waals surface area contributed by atoms with E-state index in [-0.39, 0.29) is 12.5 Å². The summed E-state index contributed by atoms with van der Waals surface area (Å²) in [5.41, 5.74) is 0. The number of nitrogens with zero attached hydrogens (tertiary/aromatic N) is 4. The summed E-state index contributed by atoms with van der Waals surface area (Å²) in [4.78, 5) is 11.0. The number of rotatable bonds is 4. The van der Waals surface area contributed by atoms with E-state index in [0.717, 1.165) is 0 Å². The van der Waals surface area contributed by atoms with Crippen molar-refractivity contribution in [1.82, 2.24) is 25.5 Å². The van der Waals surface area contributed by atoms with Crippen LogP contribution in [0.5, 0.6) is 0 Å². The average Bonchev–Trinajstić information content (AvgIpc) is 2.53. The monoisotopic (exact) mass is 167 g/mol. The van der Waals surface area contributed by atoms with Crippen LogP contribution in [0.3, 0.4) is 0 Å². The number of amides is 1. The third-order valence-corrected chi connectivity index (χ3v) is 1.14. The van der Waals surface area contributed by atoms with E-state index < -0.39 is 0 Å². The van der Waals surface area contributed by atoms with E-state index in [2.05, 4.69) is 27.4 Å². The molecule has 1 aromatic heterocycles. The lowest BCUT2D eigenvalue weighted by atomic mass is 10.5. The molecule has 0 radical (unpaired) electrons. The average molecular weight is 167 g/mol. The molecule has 1 aromatic rings. The molecular formula is C6H9N5O. The highest BCUT2D eigenvalue weighted by Crippen LogP contribution is 1.77. The first-order chi connectivity index (χ1) is 5.83. The zero-order chi connectivity index (χ0) is 8.81. The number of tetrazole rings is 1. The molecule has 0 spiro atoms. The molecule has 0 saturated carbocycles. The fraction of sp³-hybridized carbons (Fsp3) is 0.333. The number of nitrogens with one attached hydrogen (secondary N) is 1. The quantitative estimate of drug-likeness (QED) is 0.582. The van der Waals surface area contributed by atoms with Gasteiger partial charge in [0.1, 0.15) is 12.9 Å². The number of carbonyl (C=O) groups excluding carboxylic acids is 1. The van der Waals surface area contributed by atoms with Gasteiger partial charge in [-0.25, -0.2) is 4.68 Å². The van der Waals surface area contributed by atoms with E-state index in [9.17, 15) is 4.79 Å². The summed E-state index contributed by atoms with van der Waals surface area (Å²) in [5.74, 6) is -0.137. The first-order valence-electron chi connectivity index (χ1n) is 3.41. The van der Waals surface area contributed by atoms with Gasteiger partial charge in [-0.05, 0) is 10.4 Å². The van der Waals surface area contributed by atoms with Crippen LogP contribution < -0.4 is 5.32 Å². The van der Waals surface area contributed by atoms with Crippen molar-refractivity contribution in [1.29, 1.82) is 0 Å². The summed E-state index contributed by atoms with van der Waals surface area (Å²) in [6.45, 7) is 4.07. The molecule has 0 aliphatic carbocycles. The molecule has 0 unspecified atom stereocenters. The third-order valence-electron chi connectivity index (χ3n) is 1.14. The Labute approximate surface area is 69.3 Å². The first kappa shape index (κ1) is 8.38. The highest BCUT2D eigenvalue weighted by Gasteiger charge is 2.00. The summed E-state index contributed by atoms with van der Waals surface area (Å²) in [6.07, 6.45) is 2.99. The fourth-order valence-corrected chi connectivity index (χ4v) is 0.642. The van der Waals surface area contributed by atoms with Crippen molar-refractivity contribution in [2.45, 2.75) is 6.54 Å². The number of hydrogen-bond acceptors (Lipinski definition) is 4. The van der Waals surface area contributed by atoms with Crippen LogP contribution in [0.25, 0.3) is 0 Å². The minimum atomic E-state index is -0.137. The second-order valence-electron chi connectivity index (χ2n) is 2.10. The Morgan fingerprint density at radius 2 is 2.58 bits per heavy atom. The molecule has 6 nitrogen and oxygen atoms in total. The summed E-state index contributed by atoms with van der Waals surface area (Å²) in [7, 11) is 0. The van der Waals surface area contributed by atoms with Crippen molar-refractivity contribution in [3.63, 3.8) is 0 Å². The highest BCUT2D eigenvalue weighted by atomic mass is 16.2. The maximum Gasteiger partial charge on any atom is 0.242 e. The molecule has 0 aliphatic heterocycles. The molecule has 1 N–H and O–H groups in total. The molecule has 0 bridgehead atoms. The van der Waals surface area contributed by atoms with Crippen LogP contribution in [0.15, 0.2) is 19.0 Å². The molecule has 0 aromatic carbocycles. The van der Waals surface area contributed by atoms with Crippen molar-refractivity contribution in [2.75, 3.05) is 6.54 Å². The van der Waals surface area contributed by atoms with Gasteiger partial charge in [0, 0.05) is 6.54 Å². The fourth-order valence-electron chi connectivity index (χ4n) is 0.642. The topological polar surface area (TPSA) is 72.7 Å². The predicted molar refractivity (Wildman–Crippen MR) is 41.0 cm³/mol. The van der Waals surface area contributed by atoms with Crippen LogP contribution in [-0.2, 0) is 11.3 Å². The van der Waals surface area contributed by atoms with Gasteiger partial charge in [-0.3, -0.25) is 4.79 Å². The van der Waals surface area contributed by atoms with Gasteiger partial charge in [0.05, 0.1) is 0 Å². The second kappa shape index (κ2) is 4.22. The lowest BCUT2D eigenvalue weighted by Gasteiger charge is -1.99. The van der Waals surface area contributed by atoms with Crippen LogP contribution in [0.1, 0.15) is 0 Å². The summed E-state index contributed by atoms with van der Waals surface area (Å²) in [5, 5.41) is 12.9. The van der Waals surface area contributed by atoms with Gasteiger partial charge in [-0.1, -0.05) is 6.08 Å². The zero-order valence-corrected chi connectivity index (χ0v) is 6.47. The third kappa shape index (κ3) is 2.49. The van der Waals surface area contributed by atoms with Crippen molar-refractivity contribution in [2.24, 2.45) is 0 Å². The van der Waals surface area contributed by atoms with E-state index >= 15 is 0 Å². The predicted octanol–water partition coefficient (Wildman–Crippen LogP) is -1.02. The van der Waals surface area contributed by atoms with Crippen LogP contribution in [-0.4, -0.2) is 32.7 Å². The van der Waals surface area contributed by atoms with E-state index in [4.69, 9.17) is 0 Å². The molecule has 0 fully saturated rings. The van der Waals surface area contributed by atoms with Gasteiger partial charge in [0.15, 0.2) is 0 Å². The van der Waals surface area contributed by atoms with Crippen LogP contribution in [0.4, 0.5) is 0 Å². The first-order valence-corrected chi connectivity index (χ1v) is 3.41. The summed E-state index contributed by atoms with van der Waals surface area (Å²) < 4.78 is 1.35. The number of carbonyl (C=O) groups is 1. The second-order valence-corrected chi connectivity index (χ2v) is 2.10. The minimum Gasteiger partial charge on any atom is -0.351 e. The molecule has 0 saturated heterocycles. The Kier molecular flexibility index (Phi) is 2.95. The standard InChI is InChI=1S/C6H9N5O/c1-2-3-7-6(12)4-11-5-8-9-10-11/h2,5H,1,3-4H2,(H,7,12). The Balaban J connectivity index is 2.32. The zero-order valence-electron chi connectivity index (χ0n) is 6.47. The van der Waals surface area contributed by atoms with Crippen molar-refractivity contribution in [3.05, 3.63) is 19.0 Å². The van der Waals surface area contributed by atoms with Gasteiger partial charge in [0.25, 0.3) is 0 Å². The molecular weight excluding hydrogens is 158 g/mol. The largest absolute Gasteiger partial charge is 0.351 e. The van der Waals surface area contributed by atoms with Crippen molar-refractivity contribution in [3.8, 4) is 0 Å². The molecule has 1 heterocycles. The van der Waals surface area contributed by atoms with Crippen LogP contribution in [0.2, 0.25) is 0 Å². The van der Waals surface area contributed by atoms with Crippen LogP contribution in [0, 0.1) is 0 Å². The molecule has 1 amide bonds. The van der Waals surface area contributed by atoms with Gasteiger partial charge in [-0.2, -0.15) is 0 Å². The van der Waals surface area contributed by atoms with E-state index in [1.165, 1.54) is 11.0 Å². The minimum absolute atomic E-state index is 0.137. The van der Waals surface area contributed by atoms with Gasteiger partial charge < -0.3 is 5.32 Å². The number of hydrogen-bond donors (Lipinski definition) is 1. The number of aromatic nitrogens is 4.